The Hall–Kier alpha value is -1.56. The third-order valence-corrected chi connectivity index (χ3v) is 2.46. The molecule has 1 atom stereocenters. The number of carbonyl (C=O) groups is 1. The van der Waals surface area contributed by atoms with Gasteiger partial charge in [-0.1, -0.05) is 0 Å². The van der Waals surface area contributed by atoms with Crippen LogP contribution in [-0.2, 0) is 4.79 Å². The first-order valence-electron chi connectivity index (χ1n) is 4.87. The van der Waals surface area contributed by atoms with E-state index in [1.165, 1.54) is 6.20 Å². The number of rotatable bonds is 3. The van der Waals surface area contributed by atoms with Crippen molar-refractivity contribution < 1.29 is 14.3 Å². The molecule has 0 spiro atoms. The van der Waals surface area contributed by atoms with Crippen LogP contribution in [-0.4, -0.2) is 29.1 Å². The van der Waals surface area contributed by atoms with Crippen molar-refractivity contribution in [3.05, 3.63) is 12.0 Å². The summed E-state index contributed by atoms with van der Waals surface area (Å²) in [5.74, 6) is -0.913. The Labute approximate surface area is 86.7 Å². The van der Waals surface area contributed by atoms with Gasteiger partial charge in [0.2, 0.25) is 0 Å². The Morgan fingerprint density at radius 1 is 1.60 bits per heavy atom. The molecule has 1 aliphatic heterocycles. The molecule has 0 saturated carbocycles. The number of aromatic nitrogens is 1. The molecule has 1 unspecified atom stereocenters. The first-order chi connectivity index (χ1) is 7.18. The second-order valence-corrected chi connectivity index (χ2v) is 3.56. The van der Waals surface area contributed by atoms with E-state index >= 15 is 0 Å². The number of anilines is 1. The minimum atomic E-state index is -1.13. The third kappa shape index (κ3) is 1.94. The van der Waals surface area contributed by atoms with Gasteiger partial charge >= 0.3 is 5.97 Å². The Balaban J connectivity index is 2.12. The van der Waals surface area contributed by atoms with Crippen molar-refractivity contribution in [1.82, 2.24) is 4.98 Å². The predicted octanol–water partition coefficient (Wildman–Crippen LogP) is 0.359. The highest BCUT2D eigenvalue weighted by atomic mass is 16.4. The van der Waals surface area contributed by atoms with Crippen molar-refractivity contribution >= 4 is 12.0 Å². The van der Waals surface area contributed by atoms with Crippen LogP contribution in [0, 0.1) is 0 Å². The molecule has 6 heteroatoms. The molecule has 0 aromatic carbocycles. The fourth-order valence-corrected chi connectivity index (χ4v) is 1.60. The molecule has 15 heavy (non-hydrogen) atoms. The summed E-state index contributed by atoms with van der Waals surface area (Å²) in [5.41, 5.74) is 5.40. The standard InChI is InChI=1S/C9H13N3O3/c10-7(8(13)14)6-5-11-9(15-6)12-3-1-2-4-12/h5,7H,1-4,10H2,(H,13,14). The van der Waals surface area contributed by atoms with Gasteiger partial charge in [-0.3, -0.25) is 4.79 Å². The minimum Gasteiger partial charge on any atom is -0.480 e. The minimum absolute atomic E-state index is 0.199. The van der Waals surface area contributed by atoms with Gasteiger partial charge in [0.15, 0.2) is 11.8 Å². The summed E-state index contributed by atoms with van der Waals surface area (Å²) >= 11 is 0. The molecule has 0 aliphatic carbocycles. The molecule has 82 valence electrons. The lowest BCUT2D eigenvalue weighted by atomic mass is 10.3. The van der Waals surface area contributed by atoms with Crippen molar-refractivity contribution in [3.63, 3.8) is 0 Å². The average Bonchev–Trinajstić information content (AvgIpc) is 2.86. The Kier molecular flexibility index (Phi) is 2.59. The zero-order chi connectivity index (χ0) is 10.8. The molecule has 1 aromatic rings. The van der Waals surface area contributed by atoms with Crippen LogP contribution >= 0.6 is 0 Å². The van der Waals surface area contributed by atoms with E-state index in [-0.39, 0.29) is 5.76 Å². The van der Waals surface area contributed by atoms with Crippen LogP contribution < -0.4 is 10.6 Å². The molecule has 1 aromatic heterocycles. The topological polar surface area (TPSA) is 92.6 Å². The quantitative estimate of drug-likeness (QED) is 0.749. The van der Waals surface area contributed by atoms with Crippen molar-refractivity contribution in [3.8, 4) is 0 Å². The van der Waals surface area contributed by atoms with E-state index in [0.29, 0.717) is 6.01 Å². The lowest BCUT2D eigenvalue weighted by molar-refractivity contribution is -0.139. The second-order valence-electron chi connectivity index (χ2n) is 3.56. The SMILES string of the molecule is NC(C(=O)O)c1cnc(N2CCCC2)o1. The highest BCUT2D eigenvalue weighted by Crippen LogP contribution is 2.22. The molecule has 2 rings (SSSR count). The van der Waals surface area contributed by atoms with Crippen molar-refractivity contribution in [2.45, 2.75) is 18.9 Å². The summed E-state index contributed by atoms with van der Waals surface area (Å²) in [6.07, 6.45) is 3.61. The number of carboxylic acids is 1. The predicted molar refractivity (Wildman–Crippen MR) is 52.5 cm³/mol. The summed E-state index contributed by atoms with van der Waals surface area (Å²) in [4.78, 5) is 16.6. The Morgan fingerprint density at radius 2 is 2.27 bits per heavy atom. The summed E-state index contributed by atoms with van der Waals surface area (Å²) < 4.78 is 5.30. The fourth-order valence-electron chi connectivity index (χ4n) is 1.60. The number of oxazole rings is 1. The molecule has 1 saturated heterocycles. The summed E-state index contributed by atoms with van der Waals surface area (Å²) in [7, 11) is 0. The number of aliphatic carboxylic acids is 1. The second kappa shape index (κ2) is 3.90. The number of nitrogens with two attached hydrogens (primary N) is 1. The largest absolute Gasteiger partial charge is 0.480 e. The van der Waals surface area contributed by atoms with Crippen molar-refractivity contribution in [1.29, 1.82) is 0 Å². The van der Waals surface area contributed by atoms with Gasteiger partial charge in [0.05, 0.1) is 6.20 Å². The van der Waals surface area contributed by atoms with Crippen LogP contribution in [0.3, 0.4) is 0 Å². The lowest BCUT2D eigenvalue weighted by Gasteiger charge is -2.11. The number of nitrogens with zero attached hydrogens (tertiary/aromatic N) is 2. The summed E-state index contributed by atoms with van der Waals surface area (Å²) in [6, 6.07) is -0.659. The van der Waals surface area contributed by atoms with Gasteiger partial charge in [0.25, 0.3) is 6.01 Å². The molecular weight excluding hydrogens is 198 g/mol. The molecule has 0 amide bonds. The van der Waals surface area contributed by atoms with Crippen molar-refractivity contribution in [2.24, 2.45) is 5.73 Å². The molecule has 0 radical (unpaired) electrons. The van der Waals surface area contributed by atoms with E-state index in [9.17, 15) is 4.79 Å². The first kappa shape index (κ1) is 9.97. The third-order valence-electron chi connectivity index (χ3n) is 2.46. The van der Waals surface area contributed by atoms with Gasteiger partial charge in [-0.05, 0) is 12.8 Å². The molecule has 1 aliphatic rings. The van der Waals surface area contributed by atoms with Gasteiger partial charge in [-0.25, -0.2) is 4.98 Å². The van der Waals surface area contributed by atoms with E-state index in [0.717, 1.165) is 25.9 Å². The van der Waals surface area contributed by atoms with E-state index in [4.69, 9.17) is 15.3 Å². The highest BCUT2D eigenvalue weighted by Gasteiger charge is 2.22. The zero-order valence-electron chi connectivity index (χ0n) is 8.22. The number of hydrogen-bond acceptors (Lipinski definition) is 5. The molecule has 1 fully saturated rings. The maximum absolute atomic E-state index is 10.6. The molecule has 3 N–H and O–H groups in total. The van der Waals surface area contributed by atoms with Crippen LogP contribution in [0.25, 0.3) is 0 Å². The van der Waals surface area contributed by atoms with Crippen molar-refractivity contribution in [2.75, 3.05) is 18.0 Å². The van der Waals surface area contributed by atoms with Gasteiger partial charge in [-0.15, -0.1) is 0 Å². The van der Waals surface area contributed by atoms with Crippen LogP contribution in [0.15, 0.2) is 10.6 Å². The maximum Gasteiger partial charge on any atom is 0.328 e. The van der Waals surface area contributed by atoms with Crippen LogP contribution in [0.1, 0.15) is 24.6 Å². The normalized spacial score (nSPS) is 18.1. The fraction of sp³-hybridized carbons (Fsp3) is 0.556. The molecule has 6 nitrogen and oxygen atoms in total. The van der Waals surface area contributed by atoms with Gasteiger partial charge in [0, 0.05) is 13.1 Å². The van der Waals surface area contributed by atoms with Gasteiger partial charge < -0.3 is 20.2 Å². The Bertz CT molecular complexity index is 357. The smallest absolute Gasteiger partial charge is 0.328 e. The van der Waals surface area contributed by atoms with E-state index in [2.05, 4.69) is 4.98 Å². The average molecular weight is 211 g/mol. The van der Waals surface area contributed by atoms with E-state index in [1.54, 1.807) is 0 Å². The van der Waals surface area contributed by atoms with Gasteiger partial charge in [-0.2, -0.15) is 0 Å². The number of carboxylic acid groups (broad SMARTS) is 1. The van der Waals surface area contributed by atoms with E-state index < -0.39 is 12.0 Å². The first-order valence-corrected chi connectivity index (χ1v) is 4.87. The zero-order valence-corrected chi connectivity index (χ0v) is 8.22. The highest BCUT2D eigenvalue weighted by molar-refractivity contribution is 5.74. The lowest BCUT2D eigenvalue weighted by Crippen LogP contribution is -2.20. The number of hydrogen-bond donors (Lipinski definition) is 2. The summed E-state index contributed by atoms with van der Waals surface area (Å²) in [5, 5.41) is 8.68. The molecule has 0 bridgehead atoms. The Morgan fingerprint density at radius 3 is 2.87 bits per heavy atom. The van der Waals surface area contributed by atoms with Crippen LogP contribution in [0.2, 0.25) is 0 Å². The summed E-state index contributed by atoms with van der Waals surface area (Å²) in [6.45, 7) is 1.81. The molecule has 2 heterocycles. The van der Waals surface area contributed by atoms with Gasteiger partial charge in [0.1, 0.15) is 0 Å². The van der Waals surface area contributed by atoms with E-state index in [1.807, 2.05) is 4.90 Å². The molecular formula is C9H13N3O3. The monoisotopic (exact) mass is 211 g/mol. The van der Waals surface area contributed by atoms with Crippen LogP contribution in [0.4, 0.5) is 6.01 Å². The van der Waals surface area contributed by atoms with Crippen LogP contribution in [0.5, 0.6) is 0 Å². The maximum atomic E-state index is 10.6.